The number of rotatable bonds is 5. The number of carbonyl (C=O) groups is 3. The van der Waals surface area contributed by atoms with Crippen molar-refractivity contribution in [1.82, 2.24) is 10.6 Å². The largest absolute Gasteiger partial charge is 0.489 e. The van der Waals surface area contributed by atoms with Crippen molar-refractivity contribution in [2.24, 2.45) is 0 Å². The van der Waals surface area contributed by atoms with Crippen LogP contribution < -0.4 is 15.4 Å². The molecule has 0 atom stereocenters. The van der Waals surface area contributed by atoms with Crippen LogP contribution in [0.1, 0.15) is 21.5 Å². The highest BCUT2D eigenvalue weighted by Gasteiger charge is 2.22. The molecule has 2 aromatic carbocycles. The van der Waals surface area contributed by atoms with Crippen molar-refractivity contribution in [2.75, 3.05) is 0 Å². The molecule has 126 valence electrons. The summed E-state index contributed by atoms with van der Waals surface area (Å²) >= 11 is 0. The Hall–Kier alpha value is -3.61. The summed E-state index contributed by atoms with van der Waals surface area (Å²) in [5.74, 6) is -0.853. The van der Waals surface area contributed by atoms with Gasteiger partial charge in [0.05, 0.1) is 5.56 Å². The maximum absolute atomic E-state index is 11.5. The third kappa shape index (κ3) is 4.03. The molecule has 0 radical (unpaired) electrons. The van der Waals surface area contributed by atoms with Gasteiger partial charge in [-0.2, -0.15) is 0 Å². The van der Waals surface area contributed by atoms with Gasteiger partial charge in [0.15, 0.2) is 0 Å². The Kier molecular flexibility index (Phi) is 4.47. The zero-order chi connectivity index (χ0) is 17.8. The Labute approximate surface area is 142 Å². The predicted octanol–water partition coefficient (Wildman–Crippen LogP) is 2.14. The van der Waals surface area contributed by atoms with Crippen LogP contribution in [-0.2, 0) is 11.4 Å². The Balaban J connectivity index is 1.64. The number of aromatic carboxylic acids is 1. The van der Waals surface area contributed by atoms with E-state index in [-0.39, 0.29) is 17.9 Å². The summed E-state index contributed by atoms with van der Waals surface area (Å²) in [7, 11) is 0. The summed E-state index contributed by atoms with van der Waals surface area (Å²) in [6.07, 6.45) is 1.56. The van der Waals surface area contributed by atoms with Crippen molar-refractivity contribution < 1.29 is 24.2 Å². The number of carbonyl (C=O) groups excluding carboxylic acids is 2. The number of urea groups is 1. The fourth-order valence-corrected chi connectivity index (χ4v) is 2.27. The van der Waals surface area contributed by atoms with Crippen LogP contribution in [0.25, 0.3) is 6.08 Å². The summed E-state index contributed by atoms with van der Waals surface area (Å²) < 4.78 is 5.63. The van der Waals surface area contributed by atoms with Crippen molar-refractivity contribution in [2.45, 2.75) is 6.61 Å². The second-order valence-electron chi connectivity index (χ2n) is 5.33. The van der Waals surface area contributed by atoms with Gasteiger partial charge in [-0.15, -0.1) is 0 Å². The maximum Gasteiger partial charge on any atom is 0.335 e. The Morgan fingerprint density at radius 1 is 1.08 bits per heavy atom. The average Bonchev–Trinajstić information content (AvgIpc) is 2.92. The van der Waals surface area contributed by atoms with Crippen molar-refractivity contribution in [3.63, 3.8) is 0 Å². The van der Waals surface area contributed by atoms with Crippen LogP contribution in [-0.4, -0.2) is 23.0 Å². The molecule has 0 bridgehead atoms. The molecular formula is C18H14N2O5. The standard InChI is InChI=1S/C18H14N2O5/c21-16-15(19-18(24)20-16)9-11-4-6-14(7-5-11)25-10-12-2-1-3-13(8-12)17(22)23/h1-9H,10H2,(H,22,23)(H2,19,20,21,24)/b15-9-. The van der Waals surface area contributed by atoms with Gasteiger partial charge in [-0.05, 0) is 41.5 Å². The van der Waals surface area contributed by atoms with Gasteiger partial charge in [0.2, 0.25) is 0 Å². The van der Waals surface area contributed by atoms with Crippen LogP contribution >= 0.6 is 0 Å². The van der Waals surface area contributed by atoms with Gasteiger partial charge < -0.3 is 15.2 Å². The highest BCUT2D eigenvalue weighted by atomic mass is 16.5. The van der Waals surface area contributed by atoms with Gasteiger partial charge in [0, 0.05) is 0 Å². The molecule has 0 spiro atoms. The second-order valence-corrected chi connectivity index (χ2v) is 5.33. The molecule has 1 saturated heterocycles. The number of ether oxygens (including phenoxy) is 1. The minimum absolute atomic E-state index is 0.184. The normalized spacial score (nSPS) is 15.0. The van der Waals surface area contributed by atoms with Crippen molar-refractivity contribution >= 4 is 24.0 Å². The van der Waals surface area contributed by atoms with E-state index >= 15 is 0 Å². The average molecular weight is 338 g/mol. The lowest BCUT2D eigenvalue weighted by molar-refractivity contribution is -0.115. The smallest absolute Gasteiger partial charge is 0.335 e. The van der Waals surface area contributed by atoms with Crippen LogP contribution in [0.2, 0.25) is 0 Å². The van der Waals surface area contributed by atoms with Crippen molar-refractivity contribution in [3.8, 4) is 5.75 Å². The lowest BCUT2D eigenvalue weighted by atomic mass is 10.1. The number of benzene rings is 2. The van der Waals surface area contributed by atoms with Gasteiger partial charge in [-0.25, -0.2) is 9.59 Å². The molecule has 1 heterocycles. The van der Waals surface area contributed by atoms with Crippen LogP contribution in [0.5, 0.6) is 5.75 Å². The van der Waals surface area contributed by atoms with E-state index in [2.05, 4.69) is 10.6 Å². The highest BCUT2D eigenvalue weighted by molar-refractivity contribution is 6.13. The molecule has 1 aliphatic heterocycles. The number of hydrogen-bond donors (Lipinski definition) is 3. The first kappa shape index (κ1) is 16.3. The lowest BCUT2D eigenvalue weighted by Crippen LogP contribution is -2.22. The minimum atomic E-state index is -0.984. The third-order valence-electron chi connectivity index (χ3n) is 3.49. The topological polar surface area (TPSA) is 105 Å². The van der Waals surface area contributed by atoms with E-state index in [9.17, 15) is 14.4 Å². The molecule has 1 aliphatic rings. The molecule has 0 aromatic heterocycles. The molecule has 3 rings (SSSR count). The van der Waals surface area contributed by atoms with Crippen LogP contribution in [0, 0.1) is 0 Å². The highest BCUT2D eigenvalue weighted by Crippen LogP contribution is 2.17. The van der Waals surface area contributed by atoms with E-state index in [1.165, 1.54) is 6.07 Å². The number of carboxylic acid groups (broad SMARTS) is 1. The monoisotopic (exact) mass is 338 g/mol. The van der Waals surface area contributed by atoms with Crippen molar-refractivity contribution in [3.05, 3.63) is 70.9 Å². The fraction of sp³-hybridized carbons (Fsp3) is 0.0556. The molecule has 1 fully saturated rings. The Morgan fingerprint density at radius 3 is 2.48 bits per heavy atom. The zero-order valence-corrected chi connectivity index (χ0v) is 13.0. The first-order valence-electron chi connectivity index (χ1n) is 7.40. The molecule has 7 heteroatoms. The van der Waals surface area contributed by atoms with Gasteiger partial charge in [-0.3, -0.25) is 10.1 Å². The maximum atomic E-state index is 11.5. The van der Waals surface area contributed by atoms with E-state index in [1.54, 1.807) is 48.5 Å². The van der Waals surface area contributed by atoms with Crippen molar-refractivity contribution in [1.29, 1.82) is 0 Å². The quantitative estimate of drug-likeness (QED) is 0.572. The number of amides is 3. The SMILES string of the molecule is O=C1NC(=O)/C(=C/c2ccc(OCc3cccc(C(=O)O)c3)cc2)N1. The number of hydrogen-bond acceptors (Lipinski definition) is 4. The number of nitrogens with one attached hydrogen (secondary N) is 2. The first-order valence-corrected chi connectivity index (χ1v) is 7.40. The van der Waals surface area contributed by atoms with Crippen LogP contribution in [0.4, 0.5) is 4.79 Å². The zero-order valence-electron chi connectivity index (χ0n) is 13.0. The summed E-state index contributed by atoms with van der Waals surface area (Å²) in [5.41, 5.74) is 1.87. The van der Waals surface area contributed by atoms with E-state index in [1.807, 2.05) is 0 Å². The number of carboxylic acids is 1. The van der Waals surface area contributed by atoms with Crippen LogP contribution in [0.3, 0.4) is 0 Å². The van der Waals surface area contributed by atoms with Gasteiger partial charge >= 0.3 is 12.0 Å². The second kappa shape index (κ2) is 6.88. The molecule has 25 heavy (non-hydrogen) atoms. The first-order chi connectivity index (χ1) is 12.0. The lowest BCUT2D eigenvalue weighted by Gasteiger charge is -2.07. The summed E-state index contributed by atoms with van der Waals surface area (Å²) in [5, 5.41) is 13.5. The van der Waals surface area contributed by atoms with Gasteiger partial charge in [0.1, 0.15) is 18.1 Å². The van der Waals surface area contributed by atoms with E-state index < -0.39 is 17.9 Å². The van der Waals surface area contributed by atoms with E-state index in [0.29, 0.717) is 5.75 Å². The number of imide groups is 1. The summed E-state index contributed by atoms with van der Waals surface area (Å²) in [6, 6.07) is 12.9. The molecule has 0 saturated carbocycles. The minimum Gasteiger partial charge on any atom is -0.489 e. The predicted molar refractivity (Wildman–Crippen MR) is 88.8 cm³/mol. The molecule has 7 nitrogen and oxygen atoms in total. The molecule has 0 unspecified atom stereocenters. The molecule has 3 amide bonds. The summed E-state index contributed by atoms with van der Waals surface area (Å²) in [6.45, 7) is 0.236. The van der Waals surface area contributed by atoms with Gasteiger partial charge in [0.25, 0.3) is 5.91 Å². The molecule has 0 aliphatic carbocycles. The fourth-order valence-electron chi connectivity index (χ4n) is 2.27. The van der Waals surface area contributed by atoms with E-state index in [4.69, 9.17) is 9.84 Å². The van der Waals surface area contributed by atoms with E-state index in [0.717, 1.165) is 11.1 Å². The third-order valence-corrected chi connectivity index (χ3v) is 3.49. The molecular weight excluding hydrogens is 324 g/mol. The van der Waals surface area contributed by atoms with Gasteiger partial charge in [-0.1, -0.05) is 24.3 Å². The summed E-state index contributed by atoms with van der Waals surface area (Å²) in [4.78, 5) is 33.5. The molecule has 3 N–H and O–H groups in total. The molecule has 2 aromatic rings. The Bertz CT molecular complexity index is 871. The Morgan fingerprint density at radius 2 is 1.84 bits per heavy atom. The van der Waals surface area contributed by atoms with Crippen LogP contribution in [0.15, 0.2) is 54.2 Å².